The van der Waals surface area contributed by atoms with Gasteiger partial charge in [-0.3, -0.25) is 4.79 Å². The van der Waals surface area contributed by atoms with Gasteiger partial charge in [0.15, 0.2) is 0 Å². The lowest BCUT2D eigenvalue weighted by Crippen LogP contribution is -2.03. The molecule has 0 aromatic carbocycles. The first-order chi connectivity index (χ1) is 10.3. The van der Waals surface area contributed by atoms with Crippen LogP contribution in [0, 0.1) is 5.92 Å². The van der Waals surface area contributed by atoms with E-state index in [1.165, 1.54) is 70.6 Å². The molecule has 0 radical (unpaired) electrons. The molecule has 1 saturated heterocycles. The summed E-state index contributed by atoms with van der Waals surface area (Å²) in [4.78, 5) is 10.4. The van der Waals surface area contributed by atoms with Gasteiger partial charge in [0.05, 0.1) is 12.2 Å². The van der Waals surface area contributed by atoms with Crippen LogP contribution in [0.5, 0.6) is 0 Å². The first kappa shape index (κ1) is 16.8. The van der Waals surface area contributed by atoms with Crippen molar-refractivity contribution in [3.05, 3.63) is 0 Å². The molecule has 0 spiro atoms. The molecule has 122 valence electrons. The fourth-order valence-electron chi connectivity index (χ4n) is 3.75. The van der Waals surface area contributed by atoms with Crippen LogP contribution >= 0.6 is 0 Å². The Labute approximate surface area is 129 Å². The van der Waals surface area contributed by atoms with Gasteiger partial charge in [-0.15, -0.1) is 0 Å². The zero-order valence-electron chi connectivity index (χ0n) is 13.4. The van der Waals surface area contributed by atoms with Crippen LogP contribution in [0.3, 0.4) is 0 Å². The maximum absolute atomic E-state index is 10.4. The summed E-state index contributed by atoms with van der Waals surface area (Å²) in [7, 11) is 0. The molecule has 3 nitrogen and oxygen atoms in total. The SMILES string of the molecule is O=C(O)CCCCCCCCCCCCC1CCC2OC12. The monoisotopic (exact) mass is 296 g/mol. The van der Waals surface area contributed by atoms with Crippen LogP contribution in [-0.2, 0) is 9.53 Å². The fourth-order valence-corrected chi connectivity index (χ4v) is 3.75. The second-order valence-corrected chi connectivity index (χ2v) is 6.94. The van der Waals surface area contributed by atoms with Crippen LogP contribution in [0.2, 0.25) is 0 Å². The van der Waals surface area contributed by atoms with Crippen LogP contribution in [0.15, 0.2) is 0 Å². The molecular formula is C18H32O3. The van der Waals surface area contributed by atoms with Crippen LogP contribution in [0.25, 0.3) is 0 Å². The Kier molecular flexibility index (Phi) is 7.56. The molecule has 3 heteroatoms. The molecule has 1 aliphatic carbocycles. The molecule has 21 heavy (non-hydrogen) atoms. The predicted octanol–water partition coefficient (Wildman–Crippen LogP) is 4.93. The maximum Gasteiger partial charge on any atom is 0.303 e. The van der Waals surface area contributed by atoms with Crippen LogP contribution in [0.1, 0.15) is 89.9 Å². The largest absolute Gasteiger partial charge is 0.481 e. The van der Waals surface area contributed by atoms with Crippen LogP contribution in [0.4, 0.5) is 0 Å². The van der Waals surface area contributed by atoms with E-state index >= 15 is 0 Å². The van der Waals surface area contributed by atoms with E-state index in [0.29, 0.717) is 18.6 Å². The van der Waals surface area contributed by atoms with Gasteiger partial charge in [-0.2, -0.15) is 0 Å². The Hall–Kier alpha value is -0.570. The second-order valence-electron chi connectivity index (χ2n) is 6.94. The summed E-state index contributed by atoms with van der Waals surface area (Å²) in [5.41, 5.74) is 0. The zero-order chi connectivity index (χ0) is 14.9. The summed E-state index contributed by atoms with van der Waals surface area (Å²) in [6, 6.07) is 0. The Morgan fingerprint density at radius 2 is 1.43 bits per heavy atom. The number of hydrogen-bond acceptors (Lipinski definition) is 2. The maximum atomic E-state index is 10.4. The lowest BCUT2D eigenvalue weighted by molar-refractivity contribution is -0.137. The topological polar surface area (TPSA) is 49.8 Å². The molecule has 2 aliphatic rings. The van der Waals surface area contributed by atoms with Gasteiger partial charge in [0, 0.05) is 6.42 Å². The minimum atomic E-state index is -0.656. The number of ether oxygens (including phenoxy) is 1. The van der Waals surface area contributed by atoms with Crippen molar-refractivity contribution in [1.82, 2.24) is 0 Å². The number of carboxylic acids is 1. The highest BCUT2D eigenvalue weighted by molar-refractivity contribution is 5.66. The first-order valence-corrected chi connectivity index (χ1v) is 9.14. The number of carbonyl (C=O) groups is 1. The number of aliphatic carboxylic acids is 1. The summed E-state index contributed by atoms with van der Waals surface area (Å²) >= 11 is 0. The average Bonchev–Trinajstić information content (AvgIpc) is 3.14. The Morgan fingerprint density at radius 1 is 0.857 bits per heavy atom. The summed E-state index contributed by atoms with van der Waals surface area (Å²) < 4.78 is 5.60. The molecular weight excluding hydrogens is 264 g/mol. The van der Waals surface area contributed by atoms with Crippen molar-refractivity contribution >= 4 is 5.97 Å². The minimum Gasteiger partial charge on any atom is -0.481 e. The Bertz CT molecular complexity index is 303. The Morgan fingerprint density at radius 3 is 1.90 bits per heavy atom. The fraction of sp³-hybridized carbons (Fsp3) is 0.944. The molecule has 1 saturated carbocycles. The number of epoxide rings is 1. The zero-order valence-corrected chi connectivity index (χ0v) is 13.4. The van der Waals surface area contributed by atoms with Gasteiger partial charge in [-0.1, -0.05) is 57.8 Å². The quantitative estimate of drug-likeness (QED) is 0.387. The molecule has 2 fully saturated rings. The van der Waals surface area contributed by atoms with E-state index in [9.17, 15) is 4.79 Å². The molecule has 2 rings (SSSR count). The third kappa shape index (κ3) is 6.82. The molecule has 1 aliphatic heterocycles. The highest BCUT2D eigenvalue weighted by Gasteiger charge is 2.49. The van der Waals surface area contributed by atoms with E-state index in [2.05, 4.69) is 0 Å². The summed E-state index contributed by atoms with van der Waals surface area (Å²) in [5.74, 6) is 0.233. The molecule has 1 N–H and O–H groups in total. The Balaban J connectivity index is 1.26. The van der Waals surface area contributed by atoms with Gasteiger partial charge >= 0.3 is 5.97 Å². The van der Waals surface area contributed by atoms with Crippen LogP contribution < -0.4 is 0 Å². The van der Waals surface area contributed by atoms with Gasteiger partial charge in [-0.25, -0.2) is 0 Å². The van der Waals surface area contributed by atoms with Crippen molar-refractivity contribution in [1.29, 1.82) is 0 Å². The minimum absolute atomic E-state index is 0.341. The van der Waals surface area contributed by atoms with E-state index in [0.717, 1.165) is 18.8 Å². The van der Waals surface area contributed by atoms with E-state index < -0.39 is 5.97 Å². The molecule has 0 aromatic rings. The molecule has 3 atom stereocenters. The number of carboxylic acid groups (broad SMARTS) is 1. The number of unbranched alkanes of at least 4 members (excludes halogenated alkanes) is 9. The molecule has 3 unspecified atom stereocenters. The van der Waals surface area contributed by atoms with Crippen molar-refractivity contribution in [3.8, 4) is 0 Å². The van der Waals surface area contributed by atoms with Gasteiger partial charge in [0.25, 0.3) is 0 Å². The highest BCUT2D eigenvalue weighted by atomic mass is 16.6. The predicted molar refractivity (Wildman–Crippen MR) is 84.4 cm³/mol. The summed E-state index contributed by atoms with van der Waals surface area (Å²) in [6.07, 6.45) is 18.4. The van der Waals surface area contributed by atoms with Crippen LogP contribution in [-0.4, -0.2) is 23.3 Å². The molecule has 0 bridgehead atoms. The van der Waals surface area contributed by atoms with E-state index in [-0.39, 0.29) is 0 Å². The second kappa shape index (κ2) is 9.45. The molecule has 0 amide bonds. The lowest BCUT2D eigenvalue weighted by atomic mass is 9.98. The van der Waals surface area contributed by atoms with Crippen molar-refractivity contribution < 1.29 is 14.6 Å². The third-order valence-corrected chi connectivity index (χ3v) is 5.12. The lowest BCUT2D eigenvalue weighted by Gasteiger charge is -2.09. The average molecular weight is 296 g/mol. The van der Waals surface area contributed by atoms with Gasteiger partial charge < -0.3 is 9.84 Å². The number of hydrogen-bond donors (Lipinski definition) is 1. The molecule has 0 aromatic heterocycles. The van der Waals surface area contributed by atoms with Crippen molar-refractivity contribution in [2.45, 2.75) is 102 Å². The van der Waals surface area contributed by atoms with Gasteiger partial charge in [0.1, 0.15) is 0 Å². The van der Waals surface area contributed by atoms with Crippen molar-refractivity contribution in [2.75, 3.05) is 0 Å². The number of rotatable bonds is 13. The smallest absolute Gasteiger partial charge is 0.303 e. The standard InChI is InChI=1S/C18H32O3/c19-17(20)12-10-8-6-4-2-1-3-5-7-9-11-15-13-14-16-18(15)21-16/h15-16,18H,1-14H2,(H,19,20). The summed E-state index contributed by atoms with van der Waals surface area (Å²) in [5, 5.41) is 8.54. The van der Waals surface area contributed by atoms with Gasteiger partial charge in [-0.05, 0) is 31.6 Å². The van der Waals surface area contributed by atoms with Crippen molar-refractivity contribution in [2.24, 2.45) is 5.92 Å². The summed E-state index contributed by atoms with van der Waals surface area (Å²) in [6.45, 7) is 0. The van der Waals surface area contributed by atoms with E-state index in [1.54, 1.807) is 0 Å². The van der Waals surface area contributed by atoms with Gasteiger partial charge in [0.2, 0.25) is 0 Å². The highest BCUT2D eigenvalue weighted by Crippen LogP contribution is 2.45. The number of fused-ring (bicyclic) bond motifs is 1. The van der Waals surface area contributed by atoms with E-state index in [1.807, 2.05) is 0 Å². The first-order valence-electron chi connectivity index (χ1n) is 9.14. The molecule has 1 heterocycles. The third-order valence-electron chi connectivity index (χ3n) is 5.12. The van der Waals surface area contributed by atoms with E-state index in [4.69, 9.17) is 9.84 Å². The normalized spacial score (nSPS) is 26.8. The van der Waals surface area contributed by atoms with Crippen molar-refractivity contribution in [3.63, 3.8) is 0 Å².